The number of halogens is 4. The lowest BCUT2D eigenvalue weighted by molar-refractivity contribution is -0.154. The number of pyridine rings is 1. The fraction of sp³-hybridized carbons (Fsp3) is 0.333. The molecular formula is C18H19F4N3O2. The molecule has 2 rings (SSSR count). The van der Waals surface area contributed by atoms with E-state index in [0.717, 1.165) is 0 Å². The third-order valence-electron chi connectivity index (χ3n) is 3.70. The Bertz CT molecular complexity index is 781. The Kier molecular flexibility index (Phi) is 6.73. The molecule has 0 aliphatic rings. The second kappa shape index (κ2) is 8.81. The number of nitrogens with zero attached hydrogens (tertiary/aromatic N) is 2. The summed E-state index contributed by atoms with van der Waals surface area (Å²) in [5, 5.41) is 2.63. The van der Waals surface area contributed by atoms with Crippen LogP contribution >= 0.6 is 0 Å². The number of hydrogen-bond donors (Lipinski definition) is 1. The van der Waals surface area contributed by atoms with Gasteiger partial charge in [0.05, 0.1) is 6.04 Å². The highest BCUT2D eigenvalue weighted by atomic mass is 19.4. The first-order valence-electron chi connectivity index (χ1n) is 8.02. The van der Waals surface area contributed by atoms with Crippen LogP contribution in [0.3, 0.4) is 0 Å². The van der Waals surface area contributed by atoms with Crippen molar-refractivity contribution < 1.29 is 27.1 Å². The first-order chi connectivity index (χ1) is 12.7. The molecule has 1 heterocycles. The number of rotatable bonds is 7. The van der Waals surface area contributed by atoms with Gasteiger partial charge < -0.3 is 15.0 Å². The van der Waals surface area contributed by atoms with Gasteiger partial charge in [0.2, 0.25) is 5.88 Å². The standard InChI is InChI=1S/C18H19F4N3O2/c1-25(2)15(12-5-3-6-13(19)9-12)10-24-16(26)14-7-4-8-23-17(14)27-11-18(20,21)22/h3-9,15H,10-11H2,1-2H3,(H,24,26). The Hall–Kier alpha value is -2.68. The Balaban J connectivity index is 2.10. The van der Waals surface area contributed by atoms with Gasteiger partial charge in [-0.25, -0.2) is 9.37 Å². The fourth-order valence-electron chi connectivity index (χ4n) is 2.43. The van der Waals surface area contributed by atoms with E-state index in [1.54, 1.807) is 31.1 Å². The van der Waals surface area contributed by atoms with E-state index in [4.69, 9.17) is 0 Å². The van der Waals surface area contributed by atoms with E-state index in [1.807, 2.05) is 0 Å². The smallest absolute Gasteiger partial charge is 0.422 e. The summed E-state index contributed by atoms with van der Waals surface area (Å²) in [4.78, 5) is 17.9. The molecule has 27 heavy (non-hydrogen) atoms. The number of hydrogen-bond acceptors (Lipinski definition) is 4. The molecule has 0 radical (unpaired) electrons. The maximum absolute atomic E-state index is 13.5. The van der Waals surface area contributed by atoms with Crippen LogP contribution in [0.2, 0.25) is 0 Å². The molecule has 0 saturated heterocycles. The van der Waals surface area contributed by atoms with E-state index < -0.39 is 30.4 Å². The first kappa shape index (κ1) is 20.6. The third kappa shape index (κ3) is 6.21. The molecule has 5 nitrogen and oxygen atoms in total. The quantitative estimate of drug-likeness (QED) is 0.744. The molecule has 1 atom stereocenters. The van der Waals surface area contributed by atoms with Crippen LogP contribution in [-0.2, 0) is 0 Å². The highest BCUT2D eigenvalue weighted by Crippen LogP contribution is 2.21. The first-order valence-corrected chi connectivity index (χ1v) is 8.02. The molecule has 2 aromatic rings. The Morgan fingerprint density at radius 3 is 2.63 bits per heavy atom. The number of aromatic nitrogens is 1. The second-order valence-corrected chi connectivity index (χ2v) is 6.00. The zero-order valence-corrected chi connectivity index (χ0v) is 14.8. The normalized spacial score (nSPS) is 12.7. The molecule has 0 saturated carbocycles. The van der Waals surface area contributed by atoms with E-state index in [0.29, 0.717) is 5.56 Å². The molecule has 0 aliphatic carbocycles. The molecule has 1 N–H and O–H groups in total. The molecule has 0 fully saturated rings. The minimum Gasteiger partial charge on any atom is -0.467 e. The average molecular weight is 385 g/mol. The molecule has 1 amide bonds. The zero-order chi connectivity index (χ0) is 20.0. The predicted octanol–water partition coefficient (Wildman–Crippen LogP) is 3.19. The van der Waals surface area contributed by atoms with Gasteiger partial charge in [0.1, 0.15) is 11.4 Å². The van der Waals surface area contributed by atoms with Crippen LogP contribution in [0.1, 0.15) is 22.0 Å². The van der Waals surface area contributed by atoms with Crippen molar-refractivity contribution in [1.82, 2.24) is 15.2 Å². The number of nitrogens with one attached hydrogen (secondary N) is 1. The average Bonchev–Trinajstić information content (AvgIpc) is 2.59. The molecule has 1 aromatic carbocycles. The van der Waals surface area contributed by atoms with Crippen LogP contribution in [0, 0.1) is 5.82 Å². The van der Waals surface area contributed by atoms with Gasteiger partial charge in [0.15, 0.2) is 6.61 Å². The maximum atomic E-state index is 13.5. The molecule has 1 unspecified atom stereocenters. The second-order valence-electron chi connectivity index (χ2n) is 6.00. The number of amides is 1. The van der Waals surface area contributed by atoms with Crippen molar-refractivity contribution in [3.63, 3.8) is 0 Å². The van der Waals surface area contributed by atoms with Gasteiger partial charge in [-0.05, 0) is 43.9 Å². The van der Waals surface area contributed by atoms with Crippen molar-refractivity contribution in [3.05, 3.63) is 59.5 Å². The van der Waals surface area contributed by atoms with Crippen LogP contribution < -0.4 is 10.1 Å². The van der Waals surface area contributed by atoms with Gasteiger partial charge in [0, 0.05) is 12.7 Å². The lowest BCUT2D eigenvalue weighted by Crippen LogP contribution is -2.35. The van der Waals surface area contributed by atoms with Gasteiger partial charge in [-0.1, -0.05) is 12.1 Å². The van der Waals surface area contributed by atoms with Gasteiger partial charge in [-0.3, -0.25) is 4.79 Å². The van der Waals surface area contributed by atoms with Gasteiger partial charge >= 0.3 is 6.18 Å². The van der Waals surface area contributed by atoms with Gasteiger partial charge in [-0.2, -0.15) is 13.2 Å². The van der Waals surface area contributed by atoms with Crippen LogP contribution in [0.15, 0.2) is 42.6 Å². The number of alkyl halides is 3. The predicted molar refractivity (Wildman–Crippen MR) is 90.9 cm³/mol. The summed E-state index contributed by atoms with van der Waals surface area (Å²) in [5.74, 6) is -1.44. The summed E-state index contributed by atoms with van der Waals surface area (Å²) in [7, 11) is 3.54. The highest BCUT2D eigenvalue weighted by Gasteiger charge is 2.29. The van der Waals surface area contributed by atoms with Crippen LogP contribution in [0.5, 0.6) is 5.88 Å². The lowest BCUT2D eigenvalue weighted by Gasteiger charge is -2.25. The van der Waals surface area contributed by atoms with Crippen molar-refractivity contribution in [3.8, 4) is 5.88 Å². The van der Waals surface area contributed by atoms with Crippen molar-refractivity contribution >= 4 is 5.91 Å². The Morgan fingerprint density at radius 2 is 2.00 bits per heavy atom. The van der Waals surface area contributed by atoms with E-state index in [9.17, 15) is 22.4 Å². The van der Waals surface area contributed by atoms with Crippen LogP contribution in [0.25, 0.3) is 0 Å². The summed E-state index contributed by atoms with van der Waals surface area (Å²) in [6.45, 7) is -1.43. The molecule has 146 valence electrons. The van der Waals surface area contributed by atoms with Gasteiger partial charge in [0.25, 0.3) is 5.91 Å². The monoisotopic (exact) mass is 385 g/mol. The maximum Gasteiger partial charge on any atom is 0.422 e. The van der Waals surface area contributed by atoms with Crippen molar-refractivity contribution in [2.45, 2.75) is 12.2 Å². The number of likely N-dealkylation sites (N-methyl/N-ethyl adjacent to an activating group) is 1. The van der Waals surface area contributed by atoms with Crippen molar-refractivity contribution in [1.29, 1.82) is 0 Å². The topological polar surface area (TPSA) is 54.5 Å². The molecule has 0 spiro atoms. The number of carbonyl (C=O) groups excluding carboxylic acids is 1. The molecule has 1 aromatic heterocycles. The van der Waals surface area contributed by atoms with E-state index in [1.165, 1.54) is 30.5 Å². The number of carbonyl (C=O) groups is 1. The number of benzene rings is 1. The van der Waals surface area contributed by atoms with Crippen LogP contribution in [-0.4, -0.2) is 49.2 Å². The van der Waals surface area contributed by atoms with Crippen molar-refractivity contribution in [2.75, 3.05) is 27.2 Å². The number of ether oxygens (including phenoxy) is 1. The highest BCUT2D eigenvalue weighted by molar-refractivity contribution is 5.96. The van der Waals surface area contributed by atoms with E-state index >= 15 is 0 Å². The fourth-order valence-corrected chi connectivity index (χ4v) is 2.43. The van der Waals surface area contributed by atoms with Crippen LogP contribution in [0.4, 0.5) is 17.6 Å². The summed E-state index contributed by atoms with van der Waals surface area (Å²) in [6, 6.07) is 8.37. The molecule has 0 aliphatic heterocycles. The summed E-state index contributed by atoms with van der Waals surface area (Å²) in [5.41, 5.74) is 0.540. The zero-order valence-electron chi connectivity index (χ0n) is 14.8. The Labute approximate surface area is 154 Å². The Morgan fingerprint density at radius 1 is 1.26 bits per heavy atom. The summed E-state index contributed by atoms with van der Waals surface area (Å²) in [6.07, 6.45) is -3.31. The minimum absolute atomic E-state index is 0.113. The van der Waals surface area contributed by atoms with Gasteiger partial charge in [-0.15, -0.1) is 0 Å². The minimum atomic E-state index is -4.54. The largest absolute Gasteiger partial charge is 0.467 e. The summed E-state index contributed by atoms with van der Waals surface area (Å²) < 4.78 is 55.1. The molecule has 9 heteroatoms. The van der Waals surface area contributed by atoms with Crippen molar-refractivity contribution in [2.24, 2.45) is 0 Å². The van der Waals surface area contributed by atoms with E-state index in [-0.39, 0.29) is 18.2 Å². The third-order valence-corrected chi connectivity index (χ3v) is 3.70. The van der Waals surface area contributed by atoms with E-state index in [2.05, 4.69) is 15.0 Å². The summed E-state index contributed by atoms with van der Waals surface area (Å²) >= 11 is 0. The molecular weight excluding hydrogens is 366 g/mol. The lowest BCUT2D eigenvalue weighted by atomic mass is 10.1. The molecule has 0 bridgehead atoms. The SMILES string of the molecule is CN(C)C(CNC(=O)c1cccnc1OCC(F)(F)F)c1cccc(F)c1.